The Bertz CT molecular complexity index is 1070. The number of aromatic amines is 1. The molecule has 0 fully saturated rings. The van der Waals surface area contributed by atoms with Crippen molar-refractivity contribution in [2.24, 2.45) is 0 Å². The molecule has 7 heteroatoms. The highest BCUT2D eigenvalue weighted by molar-refractivity contribution is 6.33. The fourth-order valence-electron chi connectivity index (χ4n) is 3.23. The van der Waals surface area contributed by atoms with Crippen LogP contribution < -0.4 is 0 Å². The number of benzene rings is 2. The van der Waals surface area contributed by atoms with E-state index in [0.717, 1.165) is 22.3 Å². The van der Waals surface area contributed by atoms with E-state index in [1.165, 1.54) is 12.1 Å². The summed E-state index contributed by atoms with van der Waals surface area (Å²) in [5, 5.41) is 11.6. The number of nitrogens with one attached hydrogen (secondary N) is 1. The molecule has 0 amide bonds. The van der Waals surface area contributed by atoms with Gasteiger partial charge >= 0.3 is 0 Å². The zero-order valence-corrected chi connectivity index (χ0v) is 14.9. The molecule has 1 unspecified atom stereocenters. The van der Waals surface area contributed by atoms with Gasteiger partial charge in [-0.25, -0.2) is 4.98 Å². The van der Waals surface area contributed by atoms with Crippen LogP contribution in [-0.2, 0) is 0 Å². The average Bonchev–Trinajstić information content (AvgIpc) is 3.36. The molecule has 0 radical (unpaired) electrons. The minimum absolute atomic E-state index is 0.0588. The van der Waals surface area contributed by atoms with Crippen LogP contribution in [0, 0.1) is 10.1 Å². The standard InChI is InChI=1S/C20H15ClN4O2/c21-19-4-2-1-3-16(19)17-11-23-12-18(17)20(24-10-9-22-13-24)14-5-7-15(8-6-14)25(26)27/h1-13,20,23H. The van der Waals surface area contributed by atoms with Crippen LogP contribution >= 0.6 is 11.6 Å². The molecule has 4 aromatic rings. The Morgan fingerprint density at radius 2 is 1.85 bits per heavy atom. The molecule has 6 nitrogen and oxygen atoms in total. The number of rotatable bonds is 5. The van der Waals surface area contributed by atoms with Gasteiger partial charge in [-0.05, 0) is 23.8 Å². The molecule has 1 N–H and O–H groups in total. The molecule has 1 atom stereocenters. The molecule has 2 heterocycles. The molecule has 0 aliphatic heterocycles. The Labute approximate surface area is 160 Å². The number of nitro groups is 1. The number of halogens is 1. The van der Waals surface area contributed by atoms with Gasteiger partial charge < -0.3 is 9.55 Å². The molecule has 0 spiro atoms. The number of imidazole rings is 1. The van der Waals surface area contributed by atoms with Crippen LogP contribution in [0.15, 0.2) is 79.6 Å². The van der Waals surface area contributed by atoms with E-state index in [1.54, 1.807) is 24.7 Å². The summed E-state index contributed by atoms with van der Waals surface area (Å²) in [5.74, 6) is 0. The Morgan fingerprint density at radius 1 is 1.07 bits per heavy atom. The van der Waals surface area contributed by atoms with Crippen molar-refractivity contribution in [2.75, 3.05) is 0 Å². The summed E-state index contributed by atoms with van der Waals surface area (Å²) >= 11 is 6.41. The van der Waals surface area contributed by atoms with Crippen molar-refractivity contribution < 1.29 is 4.92 Å². The van der Waals surface area contributed by atoms with Gasteiger partial charge in [0.1, 0.15) is 0 Å². The van der Waals surface area contributed by atoms with E-state index in [9.17, 15) is 10.1 Å². The maximum Gasteiger partial charge on any atom is 0.269 e. The molecule has 0 aliphatic rings. The fraction of sp³-hybridized carbons (Fsp3) is 0.0500. The third kappa shape index (κ3) is 3.22. The van der Waals surface area contributed by atoms with Gasteiger partial charge in [0.05, 0.1) is 17.3 Å². The first kappa shape index (κ1) is 17.1. The van der Waals surface area contributed by atoms with E-state index >= 15 is 0 Å². The van der Waals surface area contributed by atoms with E-state index in [2.05, 4.69) is 9.97 Å². The molecule has 27 heavy (non-hydrogen) atoms. The number of H-pyrrole nitrogens is 1. The molecule has 0 saturated carbocycles. The van der Waals surface area contributed by atoms with Crippen molar-refractivity contribution in [2.45, 2.75) is 6.04 Å². The Hall–Kier alpha value is -3.38. The molecular weight excluding hydrogens is 364 g/mol. The summed E-state index contributed by atoms with van der Waals surface area (Å²) in [6.07, 6.45) is 9.14. The lowest BCUT2D eigenvalue weighted by molar-refractivity contribution is -0.384. The number of nitrogens with zero attached hydrogens (tertiary/aromatic N) is 3. The van der Waals surface area contributed by atoms with Crippen LogP contribution in [0.3, 0.4) is 0 Å². The SMILES string of the molecule is O=[N+]([O-])c1ccc(C(c2c[nH]cc2-c2ccccc2Cl)n2ccnc2)cc1. The highest BCUT2D eigenvalue weighted by Gasteiger charge is 2.22. The zero-order chi connectivity index (χ0) is 18.8. The summed E-state index contributed by atoms with van der Waals surface area (Å²) in [6, 6.07) is 14.0. The second kappa shape index (κ2) is 7.09. The summed E-state index contributed by atoms with van der Waals surface area (Å²) in [7, 11) is 0. The summed E-state index contributed by atoms with van der Waals surface area (Å²) in [6.45, 7) is 0. The first-order chi connectivity index (χ1) is 13.1. The molecule has 2 aromatic carbocycles. The van der Waals surface area contributed by atoms with Gasteiger partial charge in [0.25, 0.3) is 5.69 Å². The number of nitro benzene ring substituents is 1. The maximum atomic E-state index is 11.0. The monoisotopic (exact) mass is 378 g/mol. The molecule has 0 bridgehead atoms. The number of hydrogen-bond donors (Lipinski definition) is 1. The van der Waals surface area contributed by atoms with Gasteiger partial charge in [0.15, 0.2) is 0 Å². The molecule has 134 valence electrons. The first-order valence-corrected chi connectivity index (χ1v) is 8.66. The third-order valence-electron chi connectivity index (χ3n) is 4.48. The topological polar surface area (TPSA) is 76.8 Å². The van der Waals surface area contributed by atoms with E-state index in [0.29, 0.717) is 5.02 Å². The Balaban J connectivity index is 1.86. The van der Waals surface area contributed by atoms with Gasteiger partial charge in [-0.15, -0.1) is 0 Å². The second-order valence-electron chi connectivity index (χ2n) is 6.07. The fourth-order valence-corrected chi connectivity index (χ4v) is 3.47. The predicted octanol–water partition coefficient (Wildman–Crippen LogP) is 5.08. The Morgan fingerprint density at radius 3 is 2.52 bits per heavy atom. The van der Waals surface area contributed by atoms with Gasteiger partial charge in [-0.3, -0.25) is 10.1 Å². The van der Waals surface area contributed by atoms with E-state index < -0.39 is 4.92 Å². The van der Waals surface area contributed by atoms with E-state index in [-0.39, 0.29) is 11.7 Å². The molecule has 4 rings (SSSR count). The zero-order valence-electron chi connectivity index (χ0n) is 14.1. The van der Waals surface area contributed by atoms with Crippen molar-refractivity contribution >= 4 is 17.3 Å². The Kier molecular flexibility index (Phi) is 4.48. The minimum Gasteiger partial charge on any atom is -0.367 e. The van der Waals surface area contributed by atoms with Crippen LogP contribution in [0.1, 0.15) is 17.2 Å². The second-order valence-corrected chi connectivity index (χ2v) is 6.47. The summed E-state index contributed by atoms with van der Waals surface area (Å²) in [5.41, 5.74) is 3.85. The largest absolute Gasteiger partial charge is 0.367 e. The van der Waals surface area contributed by atoms with Crippen molar-refractivity contribution in [1.29, 1.82) is 0 Å². The summed E-state index contributed by atoms with van der Waals surface area (Å²) < 4.78 is 1.96. The van der Waals surface area contributed by atoms with Gasteiger partial charge in [-0.1, -0.05) is 29.8 Å². The van der Waals surface area contributed by atoms with Crippen molar-refractivity contribution in [3.63, 3.8) is 0 Å². The van der Waals surface area contributed by atoms with Crippen LogP contribution in [0.5, 0.6) is 0 Å². The van der Waals surface area contributed by atoms with Gasteiger partial charge in [-0.2, -0.15) is 0 Å². The van der Waals surface area contributed by atoms with Crippen molar-refractivity contribution in [3.05, 3.63) is 106 Å². The first-order valence-electron chi connectivity index (χ1n) is 8.28. The third-order valence-corrected chi connectivity index (χ3v) is 4.81. The highest BCUT2D eigenvalue weighted by atomic mass is 35.5. The van der Waals surface area contributed by atoms with Crippen LogP contribution in [0.25, 0.3) is 11.1 Å². The van der Waals surface area contributed by atoms with Gasteiger partial charge in [0, 0.05) is 58.6 Å². The van der Waals surface area contributed by atoms with Crippen LogP contribution in [0.4, 0.5) is 5.69 Å². The minimum atomic E-state index is -0.401. The van der Waals surface area contributed by atoms with Crippen LogP contribution in [-0.4, -0.2) is 19.5 Å². The van der Waals surface area contributed by atoms with Crippen molar-refractivity contribution in [1.82, 2.24) is 14.5 Å². The normalized spacial score (nSPS) is 12.0. The average molecular weight is 379 g/mol. The lowest BCUT2D eigenvalue weighted by atomic mass is 9.94. The van der Waals surface area contributed by atoms with Gasteiger partial charge in [0.2, 0.25) is 0 Å². The van der Waals surface area contributed by atoms with E-state index in [4.69, 9.17) is 11.6 Å². The van der Waals surface area contributed by atoms with Crippen LogP contribution in [0.2, 0.25) is 5.02 Å². The number of aromatic nitrogens is 3. The molecule has 2 aromatic heterocycles. The highest BCUT2D eigenvalue weighted by Crippen LogP contribution is 2.37. The maximum absolute atomic E-state index is 11.0. The predicted molar refractivity (Wildman–Crippen MR) is 104 cm³/mol. The quantitative estimate of drug-likeness (QED) is 0.388. The summed E-state index contributed by atoms with van der Waals surface area (Å²) in [4.78, 5) is 17.9. The number of non-ortho nitro benzene ring substituents is 1. The molecule has 0 saturated heterocycles. The number of hydrogen-bond acceptors (Lipinski definition) is 3. The molecule has 0 aliphatic carbocycles. The van der Waals surface area contributed by atoms with Crippen molar-refractivity contribution in [3.8, 4) is 11.1 Å². The smallest absolute Gasteiger partial charge is 0.269 e. The molecular formula is C20H15ClN4O2. The lowest BCUT2D eigenvalue weighted by Crippen LogP contribution is -2.11. The van der Waals surface area contributed by atoms with E-state index in [1.807, 2.05) is 47.4 Å². The lowest BCUT2D eigenvalue weighted by Gasteiger charge is -2.20.